The van der Waals surface area contributed by atoms with Gasteiger partial charge in [0.25, 0.3) is 0 Å². The van der Waals surface area contributed by atoms with Crippen molar-refractivity contribution in [2.75, 3.05) is 0 Å². The van der Waals surface area contributed by atoms with Gasteiger partial charge in [-0.25, -0.2) is 4.79 Å². The van der Waals surface area contributed by atoms with Crippen molar-refractivity contribution in [1.29, 1.82) is 0 Å². The largest absolute Gasteiger partial charge is 0.458 e. The Bertz CT molecular complexity index is 1110. The smallest absolute Gasteiger partial charge is 0.338 e. The molecule has 4 aliphatic rings. The molecule has 4 nitrogen and oxygen atoms in total. The Balaban J connectivity index is 1.36. The van der Waals surface area contributed by atoms with E-state index in [1.54, 1.807) is 11.1 Å². The normalized spacial score (nSPS) is 38.3. The number of carbonyl (C=O) groups excluding carboxylic acids is 1. The van der Waals surface area contributed by atoms with Gasteiger partial charge in [-0.2, -0.15) is 0 Å². The van der Waals surface area contributed by atoms with Crippen LogP contribution in [0.4, 0.5) is 0 Å². The van der Waals surface area contributed by atoms with Gasteiger partial charge >= 0.3 is 5.97 Å². The van der Waals surface area contributed by atoms with Gasteiger partial charge in [0.1, 0.15) is 6.10 Å². The highest BCUT2D eigenvalue weighted by molar-refractivity contribution is 5.89. The predicted molar refractivity (Wildman–Crippen MR) is 161 cm³/mol. The number of fused-ring (bicyclic) bond motifs is 4. The summed E-state index contributed by atoms with van der Waals surface area (Å²) >= 11 is 0. The fraction of sp³-hybridized carbons (Fsp3) is 0.750. The minimum atomic E-state index is -0.269. The van der Waals surface area contributed by atoms with Gasteiger partial charge in [-0.05, 0) is 104 Å². The molecule has 0 radical (unpaired) electrons. The molecule has 222 valence electrons. The zero-order chi connectivity index (χ0) is 29.0. The fourth-order valence-electron chi connectivity index (χ4n) is 10.2. The second-order valence-electron chi connectivity index (χ2n) is 15.4. The first-order valence-corrected chi connectivity index (χ1v) is 16.1. The van der Waals surface area contributed by atoms with Crippen LogP contribution in [0.15, 0.2) is 41.5 Å². The molecule has 4 aliphatic carbocycles. The number of hydrogen-bond donors (Lipinski definition) is 2. The third-order valence-electron chi connectivity index (χ3n) is 12.6. The fourth-order valence-corrected chi connectivity index (χ4v) is 10.2. The Kier molecular flexibility index (Phi) is 8.11. The van der Waals surface area contributed by atoms with E-state index < -0.39 is 0 Å². The third kappa shape index (κ3) is 4.89. The molecular weight excluding hydrogens is 496 g/mol. The second kappa shape index (κ2) is 10.9. The van der Waals surface area contributed by atoms with E-state index in [1.807, 2.05) is 30.3 Å². The van der Waals surface area contributed by atoms with E-state index in [2.05, 4.69) is 48.5 Å². The van der Waals surface area contributed by atoms with Crippen LogP contribution in [0.2, 0.25) is 0 Å². The zero-order valence-electron chi connectivity index (χ0n) is 26.1. The summed E-state index contributed by atoms with van der Waals surface area (Å²) in [6.07, 6.45) is 8.54. The Morgan fingerprint density at radius 3 is 2.38 bits per heavy atom. The van der Waals surface area contributed by atoms with Crippen molar-refractivity contribution in [3.8, 4) is 0 Å². The average molecular weight is 551 g/mol. The van der Waals surface area contributed by atoms with Gasteiger partial charge in [0.2, 0.25) is 0 Å². The number of esters is 1. The number of ether oxygens (including phenoxy) is 1. The highest BCUT2D eigenvalue weighted by atomic mass is 16.5. The summed E-state index contributed by atoms with van der Waals surface area (Å²) < 4.78 is 6.21. The molecule has 2 fully saturated rings. The molecule has 0 spiro atoms. The lowest BCUT2D eigenvalue weighted by molar-refractivity contribution is -0.102. The van der Waals surface area contributed by atoms with Crippen molar-refractivity contribution in [2.45, 2.75) is 125 Å². The van der Waals surface area contributed by atoms with Crippen molar-refractivity contribution >= 4 is 5.97 Å². The molecule has 0 heterocycles. The molecular formula is C36H54O4. The van der Waals surface area contributed by atoms with Gasteiger partial charge in [-0.1, -0.05) is 77.8 Å². The van der Waals surface area contributed by atoms with Gasteiger partial charge in [-0.15, -0.1) is 0 Å². The topological polar surface area (TPSA) is 66.8 Å². The third-order valence-corrected chi connectivity index (χ3v) is 12.6. The standard InChI is InChI=1S/C36H54O4/c1-22(2)28(37)15-13-23(3)27-21-29(38)32-25-14-16-30-34(4,5)31(40-33(39)24-11-9-8-10-12-24)18-20-35(30,6)26(25)17-19-36(27,32)7/h8-12,22-23,27-32,37-38H,13-21H2,1-7H3/t23-,27-,28?,29?,30+,31+,32+,35-,36-/m1/s1. The van der Waals surface area contributed by atoms with Crippen molar-refractivity contribution < 1.29 is 19.7 Å². The molecule has 5 rings (SSSR count). The van der Waals surface area contributed by atoms with E-state index in [1.165, 1.54) is 0 Å². The lowest BCUT2D eigenvalue weighted by atomic mass is 9.45. The van der Waals surface area contributed by atoms with E-state index in [0.29, 0.717) is 29.2 Å². The van der Waals surface area contributed by atoms with Crippen LogP contribution in [-0.4, -0.2) is 34.5 Å². The monoisotopic (exact) mass is 550 g/mol. The lowest BCUT2D eigenvalue weighted by Gasteiger charge is -2.60. The van der Waals surface area contributed by atoms with Gasteiger partial charge in [0, 0.05) is 11.3 Å². The van der Waals surface area contributed by atoms with Crippen molar-refractivity contribution in [1.82, 2.24) is 0 Å². The first kappa shape index (κ1) is 29.8. The summed E-state index contributed by atoms with van der Waals surface area (Å²) in [7, 11) is 0. The molecule has 0 amide bonds. The average Bonchev–Trinajstić information content (AvgIpc) is 3.19. The van der Waals surface area contributed by atoms with E-state index in [4.69, 9.17) is 4.74 Å². The minimum absolute atomic E-state index is 0.0854. The van der Waals surface area contributed by atoms with Crippen molar-refractivity contribution in [3.05, 3.63) is 47.0 Å². The summed E-state index contributed by atoms with van der Waals surface area (Å²) in [6, 6.07) is 9.39. The number of benzene rings is 1. The van der Waals surface area contributed by atoms with Crippen molar-refractivity contribution in [3.63, 3.8) is 0 Å². The Morgan fingerprint density at radius 2 is 1.70 bits per heavy atom. The van der Waals surface area contributed by atoms with Crippen LogP contribution in [0.1, 0.15) is 117 Å². The van der Waals surface area contributed by atoms with Gasteiger partial charge < -0.3 is 14.9 Å². The molecule has 1 aromatic rings. The van der Waals surface area contributed by atoms with E-state index in [9.17, 15) is 15.0 Å². The van der Waals surface area contributed by atoms with Crippen LogP contribution in [-0.2, 0) is 4.74 Å². The number of aliphatic hydroxyl groups excluding tert-OH is 2. The number of carbonyl (C=O) groups is 1. The molecule has 2 saturated carbocycles. The van der Waals surface area contributed by atoms with Gasteiger partial charge in [0.05, 0.1) is 17.8 Å². The van der Waals surface area contributed by atoms with Gasteiger partial charge in [0.15, 0.2) is 0 Å². The molecule has 40 heavy (non-hydrogen) atoms. The molecule has 1 aromatic carbocycles. The first-order valence-electron chi connectivity index (χ1n) is 16.1. The molecule has 2 N–H and O–H groups in total. The van der Waals surface area contributed by atoms with Crippen LogP contribution >= 0.6 is 0 Å². The Hall–Kier alpha value is -1.65. The van der Waals surface area contributed by atoms with E-state index in [0.717, 1.165) is 57.8 Å². The number of rotatable bonds is 7. The predicted octanol–water partition coefficient (Wildman–Crippen LogP) is 7.98. The Morgan fingerprint density at radius 1 is 1.00 bits per heavy atom. The number of hydrogen-bond acceptors (Lipinski definition) is 4. The first-order chi connectivity index (χ1) is 18.8. The summed E-state index contributed by atoms with van der Waals surface area (Å²) in [6.45, 7) is 16.2. The molecule has 0 saturated heterocycles. The van der Waals surface area contributed by atoms with E-state index >= 15 is 0 Å². The SMILES string of the molecule is CC(C)C(O)CC[C@@H](C)[C@H]1CC(O)[C@@H]2C3=C(CC[C@]12C)[C@@]1(C)CC[C@H](OC(=O)c2ccccc2)C(C)(C)[C@@H]1CC3. The lowest BCUT2D eigenvalue weighted by Crippen LogP contribution is -2.55. The van der Waals surface area contributed by atoms with Crippen LogP contribution in [0.25, 0.3) is 0 Å². The van der Waals surface area contributed by atoms with Crippen LogP contribution < -0.4 is 0 Å². The maximum atomic E-state index is 13.0. The molecule has 4 heteroatoms. The van der Waals surface area contributed by atoms with Gasteiger partial charge in [-0.3, -0.25) is 0 Å². The highest BCUT2D eigenvalue weighted by Crippen LogP contribution is 2.68. The second-order valence-corrected chi connectivity index (χ2v) is 15.4. The zero-order valence-corrected chi connectivity index (χ0v) is 26.1. The number of aliphatic hydroxyl groups is 2. The maximum absolute atomic E-state index is 13.0. The summed E-state index contributed by atoms with van der Waals surface area (Å²) in [5.74, 6) is 1.80. The quantitative estimate of drug-likeness (QED) is 0.267. The maximum Gasteiger partial charge on any atom is 0.338 e. The van der Waals surface area contributed by atoms with Crippen LogP contribution in [0, 0.1) is 45.8 Å². The van der Waals surface area contributed by atoms with E-state index in [-0.39, 0.29) is 46.4 Å². The van der Waals surface area contributed by atoms with Crippen LogP contribution in [0.5, 0.6) is 0 Å². The highest BCUT2D eigenvalue weighted by Gasteiger charge is 2.61. The summed E-state index contributed by atoms with van der Waals surface area (Å²) in [5.41, 5.74) is 3.95. The molecule has 0 aromatic heterocycles. The Labute approximate surface area is 243 Å². The molecule has 9 atom stereocenters. The molecule has 0 bridgehead atoms. The number of allylic oxidation sites excluding steroid dienone is 1. The molecule has 0 aliphatic heterocycles. The van der Waals surface area contributed by atoms with Crippen molar-refractivity contribution in [2.24, 2.45) is 45.8 Å². The minimum Gasteiger partial charge on any atom is -0.458 e. The molecule has 2 unspecified atom stereocenters. The summed E-state index contributed by atoms with van der Waals surface area (Å²) in [4.78, 5) is 13.0. The summed E-state index contributed by atoms with van der Waals surface area (Å²) in [5, 5.41) is 22.0. The van der Waals surface area contributed by atoms with Crippen LogP contribution in [0.3, 0.4) is 0 Å².